The smallest absolute Gasteiger partial charge is 0.406 e. The molecule has 0 aliphatic heterocycles. The quantitative estimate of drug-likeness (QED) is 0.664. The van der Waals surface area contributed by atoms with Crippen LogP contribution in [0.3, 0.4) is 0 Å². The van der Waals surface area contributed by atoms with Crippen molar-refractivity contribution < 1.29 is 17.9 Å². The fourth-order valence-electron chi connectivity index (χ4n) is 1.47. The van der Waals surface area contributed by atoms with Gasteiger partial charge in [-0.2, -0.15) is 0 Å². The Bertz CT molecular complexity index is 551. The molecule has 1 aromatic heterocycles. The molecule has 7 heteroatoms. The Hall–Kier alpha value is -0.910. The Morgan fingerprint density at radius 3 is 2.16 bits per heavy atom. The van der Waals surface area contributed by atoms with Gasteiger partial charge in [0, 0.05) is 4.88 Å². The highest BCUT2D eigenvalue weighted by molar-refractivity contribution is 7.16. The zero-order valence-electron chi connectivity index (χ0n) is 9.25. The number of hydrogen-bond acceptors (Lipinski definition) is 2. The van der Waals surface area contributed by atoms with Gasteiger partial charge in [0.15, 0.2) is 0 Å². The molecule has 0 fully saturated rings. The number of hydrogen-bond donors (Lipinski definition) is 0. The summed E-state index contributed by atoms with van der Waals surface area (Å²) in [6.45, 7) is 0. The summed E-state index contributed by atoms with van der Waals surface area (Å²) < 4.78 is 40.4. The largest absolute Gasteiger partial charge is 0.573 e. The fourth-order valence-corrected chi connectivity index (χ4v) is 2.89. The minimum absolute atomic E-state index is 0.274. The highest BCUT2D eigenvalue weighted by Gasteiger charge is 2.31. The summed E-state index contributed by atoms with van der Waals surface area (Å²) in [7, 11) is 0. The molecule has 1 atom stereocenters. The first kappa shape index (κ1) is 14.5. The van der Waals surface area contributed by atoms with E-state index in [1.165, 1.54) is 35.6 Å². The molecule has 0 bridgehead atoms. The first-order valence-corrected chi connectivity index (χ1v) is 6.73. The van der Waals surface area contributed by atoms with Crippen LogP contribution in [-0.4, -0.2) is 6.36 Å². The van der Waals surface area contributed by atoms with Crippen LogP contribution < -0.4 is 4.74 Å². The number of benzene rings is 1. The van der Waals surface area contributed by atoms with Crippen LogP contribution in [0.4, 0.5) is 13.2 Å². The first-order chi connectivity index (χ1) is 8.85. The molecule has 1 nitrogen and oxygen atoms in total. The molecule has 0 spiro atoms. The maximum atomic E-state index is 12.0. The minimum Gasteiger partial charge on any atom is -0.406 e. The van der Waals surface area contributed by atoms with E-state index in [0.29, 0.717) is 9.90 Å². The molecule has 102 valence electrons. The van der Waals surface area contributed by atoms with Crippen LogP contribution in [0.1, 0.15) is 15.8 Å². The van der Waals surface area contributed by atoms with Gasteiger partial charge in [-0.3, -0.25) is 0 Å². The Balaban J connectivity index is 2.14. The van der Waals surface area contributed by atoms with Crippen LogP contribution in [0.25, 0.3) is 0 Å². The third-order valence-electron chi connectivity index (χ3n) is 2.25. The van der Waals surface area contributed by atoms with Crippen LogP contribution >= 0.6 is 34.5 Å². The molecule has 2 rings (SSSR count). The second-order valence-corrected chi connectivity index (χ2v) is 5.80. The summed E-state index contributed by atoms with van der Waals surface area (Å²) >= 11 is 13.4. The SMILES string of the molecule is FC(F)(F)Oc1ccc(C(Cl)c2ccc(Cl)s2)cc1. The van der Waals surface area contributed by atoms with Crippen molar-refractivity contribution in [3.63, 3.8) is 0 Å². The van der Waals surface area contributed by atoms with Crippen molar-refractivity contribution in [3.8, 4) is 5.75 Å². The molecule has 0 saturated carbocycles. The minimum atomic E-state index is -4.69. The molecule has 0 N–H and O–H groups in total. The lowest BCUT2D eigenvalue weighted by molar-refractivity contribution is -0.274. The molecule has 0 radical (unpaired) electrons. The first-order valence-electron chi connectivity index (χ1n) is 5.10. The summed E-state index contributed by atoms with van der Waals surface area (Å²) in [4.78, 5) is 0.830. The molecule has 0 aliphatic carbocycles. The molecule has 0 saturated heterocycles. The normalized spacial score (nSPS) is 13.3. The van der Waals surface area contributed by atoms with Crippen molar-refractivity contribution in [1.82, 2.24) is 0 Å². The van der Waals surface area contributed by atoms with Gasteiger partial charge in [0.1, 0.15) is 5.75 Å². The van der Waals surface area contributed by atoms with Gasteiger partial charge in [-0.25, -0.2) is 0 Å². The average molecular weight is 327 g/mol. The van der Waals surface area contributed by atoms with Crippen LogP contribution in [-0.2, 0) is 0 Å². The number of alkyl halides is 4. The Morgan fingerprint density at radius 1 is 1.05 bits per heavy atom. The fraction of sp³-hybridized carbons (Fsp3) is 0.167. The van der Waals surface area contributed by atoms with Crippen molar-refractivity contribution in [2.45, 2.75) is 11.7 Å². The zero-order chi connectivity index (χ0) is 14.0. The van der Waals surface area contributed by atoms with E-state index >= 15 is 0 Å². The van der Waals surface area contributed by atoms with Gasteiger partial charge in [-0.15, -0.1) is 36.1 Å². The standard InChI is InChI=1S/C12H7Cl2F3OS/c13-10-6-5-9(19-10)11(14)7-1-3-8(4-2-7)18-12(15,16)17/h1-6,11H. The summed E-state index contributed by atoms with van der Waals surface area (Å²) in [5.74, 6) is -0.274. The summed E-state index contributed by atoms with van der Waals surface area (Å²) in [5.41, 5.74) is 0.676. The molecule has 1 heterocycles. The van der Waals surface area contributed by atoms with E-state index in [4.69, 9.17) is 23.2 Å². The predicted octanol–water partition coefficient (Wildman–Crippen LogP) is 5.63. The highest BCUT2D eigenvalue weighted by Crippen LogP contribution is 2.36. The summed E-state index contributed by atoms with van der Waals surface area (Å²) in [6, 6.07) is 8.95. The van der Waals surface area contributed by atoms with Gasteiger partial charge in [-0.1, -0.05) is 23.7 Å². The number of thiophene rings is 1. The molecular formula is C12H7Cl2F3OS. The molecule has 0 aliphatic rings. The van der Waals surface area contributed by atoms with E-state index in [1.807, 2.05) is 0 Å². The van der Waals surface area contributed by atoms with Gasteiger partial charge >= 0.3 is 6.36 Å². The molecule has 2 aromatic rings. The van der Waals surface area contributed by atoms with Gasteiger partial charge < -0.3 is 4.74 Å². The number of ether oxygens (including phenoxy) is 1. The molecular weight excluding hydrogens is 320 g/mol. The van der Waals surface area contributed by atoms with Crippen molar-refractivity contribution in [1.29, 1.82) is 0 Å². The lowest BCUT2D eigenvalue weighted by atomic mass is 10.1. The maximum Gasteiger partial charge on any atom is 0.573 e. The second-order valence-electron chi connectivity index (χ2n) is 3.62. The average Bonchev–Trinajstić information content (AvgIpc) is 2.74. The third kappa shape index (κ3) is 4.03. The highest BCUT2D eigenvalue weighted by atomic mass is 35.5. The Kier molecular flexibility index (Phi) is 4.28. The second kappa shape index (κ2) is 5.61. The van der Waals surface area contributed by atoms with Gasteiger partial charge in [0.25, 0.3) is 0 Å². The van der Waals surface area contributed by atoms with Crippen LogP contribution in [0.2, 0.25) is 4.34 Å². The summed E-state index contributed by atoms with van der Waals surface area (Å²) in [6.07, 6.45) is -4.69. The van der Waals surface area contributed by atoms with E-state index in [1.54, 1.807) is 12.1 Å². The van der Waals surface area contributed by atoms with Gasteiger partial charge in [-0.05, 0) is 29.8 Å². The Labute approximate surface area is 121 Å². The zero-order valence-corrected chi connectivity index (χ0v) is 11.6. The van der Waals surface area contributed by atoms with Gasteiger partial charge in [0.05, 0.1) is 9.71 Å². The molecule has 1 unspecified atom stereocenters. The van der Waals surface area contributed by atoms with Crippen LogP contribution in [0.5, 0.6) is 5.75 Å². The van der Waals surface area contributed by atoms with Crippen LogP contribution in [0.15, 0.2) is 36.4 Å². The van der Waals surface area contributed by atoms with E-state index in [2.05, 4.69) is 4.74 Å². The topological polar surface area (TPSA) is 9.23 Å². The van der Waals surface area contributed by atoms with E-state index in [0.717, 1.165) is 4.88 Å². The van der Waals surface area contributed by atoms with Crippen molar-refractivity contribution in [2.24, 2.45) is 0 Å². The lowest BCUT2D eigenvalue weighted by Gasteiger charge is -2.11. The monoisotopic (exact) mass is 326 g/mol. The maximum absolute atomic E-state index is 12.0. The molecule has 1 aromatic carbocycles. The van der Waals surface area contributed by atoms with Crippen LogP contribution in [0, 0.1) is 0 Å². The third-order valence-corrected chi connectivity index (χ3v) is 4.16. The number of rotatable bonds is 3. The number of halogens is 5. The lowest BCUT2D eigenvalue weighted by Crippen LogP contribution is -2.17. The van der Waals surface area contributed by atoms with Crippen molar-refractivity contribution in [3.05, 3.63) is 51.2 Å². The van der Waals surface area contributed by atoms with E-state index in [-0.39, 0.29) is 5.75 Å². The Morgan fingerprint density at radius 2 is 1.68 bits per heavy atom. The van der Waals surface area contributed by atoms with E-state index < -0.39 is 11.7 Å². The molecule has 19 heavy (non-hydrogen) atoms. The predicted molar refractivity (Wildman–Crippen MR) is 70.2 cm³/mol. The molecule has 0 amide bonds. The van der Waals surface area contributed by atoms with Crippen molar-refractivity contribution in [2.75, 3.05) is 0 Å². The summed E-state index contributed by atoms with van der Waals surface area (Å²) in [5, 5.41) is -0.447. The van der Waals surface area contributed by atoms with Gasteiger partial charge in [0.2, 0.25) is 0 Å². The van der Waals surface area contributed by atoms with E-state index in [9.17, 15) is 13.2 Å². The van der Waals surface area contributed by atoms with Crippen molar-refractivity contribution >= 4 is 34.5 Å².